The van der Waals surface area contributed by atoms with Crippen molar-refractivity contribution in [1.29, 1.82) is 0 Å². The van der Waals surface area contributed by atoms with E-state index in [1.54, 1.807) is 0 Å². The maximum Gasteiger partial charge on any atom is 0.0616 e. The van der Waals surface area contributed by atoms with Crippen molar-refractivity contribution in [3.05, 3.63) is 34.3 Å². The van der Waals surface area contributed by atoms with Crippen LogP contribution in [0.1, 0.15) is 25.3 Å². The van der Waals surface area contributed by atoms with Gasteiger partial charge in [0.15, 0.2) is 0 Å². The first-order valence-electron chi connectivity index (χ1n) is 6.32. The molecule has 0 aliphatic carbocycles. The summed E-state index contributed by atoms with van der Waals surface area (Å²) < 4.78 is 6.83. The van der Waals surface area contributed by atoms with Crippen molar-refractivity contribution in [2.45, 2.75) is 38.3 Å². The molecule has 2 N–H and O–H groups in total. The Kier molecular flexibility index (Phi) is 4.60. The molecule has 1 saturated heterocycles. The monoisotopic (exact) mass is 297 g/mol. The van der Waals surface area contributed by atoms with Gasteiger partial charge in [-0.05, 0) is 37.0 Å². The molecular weight excluding hydrogens is 278 g/mol. The molecular formula is C14H20BrNO. The second-order valence-corrected chi connectivity index (χ2v) is 5.68. The minimum Gasteiger partial charge on any atom is -0.378 e. The topological polar surface area (TPSA) is 35.2 Å². The molecule has 1 aromatic carbocycles. The first-order valence-corrected chi connectivity index (χ1v) is 7.11. The summed E-state index contributed by atoms with van der Waals surface area (Å²) in [6, 6.07) is 8.60. The summed E-state index contributed by atoms with van der Waals surface area (Å²) in [6.45, 7) is 3.05. The van der Waals surface area contributed by atoms with E-state index < -0.39 is 0 Å². The van der Waals surface area contributed by atoms with E-state index in [0.717, 1.165) is 30.3 Å². The number of benzene rings is 1. The number of nitrogens with two attached hydrogens (primary N) is 1. The van der Waals surface area contributed by atoms with Crippen LogP contribution >= 0.6 is 15.9 Å². The van der Waals surface area contributed by atoms with Crippen LogP contribution in [0.25, 0.3) is 0 Å². The second-order valence-electron chi connectivity index (χ2n) is 4.77. The van der Waals surface area contributed by atoms with Gasteiger partial charge in [-0.3, -0.25) is 0 Å². The number of halogens is 1. The summed E-state index contributed by atoms with van der Waals surface area (Å²) >= 11 is 3.50. The molecule has 1 aromatic rings. The van der Waals surface area contributed by atoms with E-state index >= 15 is 0 Å². The van der Waals surface area contributed by atoms with Gasteiger partial charge in [0.05, 0.1) is 6.10 Å². The van der Waals surface area contributed by atoms with Crippen LogP contribution in [0.5, 0.6) is 0 Å². The minimum atomic E-state index is 0.205. The maximum absolute atomic E-state index is 6.33. The van der Waals surface area contributed by atoms with Crippen LogP contribution < -0.4 is 5.73 Å². The zero-order chi connectivity index (χ0) is 12.3. The van der Waals surface area contributed by atoms with E-state index in [4.69, 9.17) is 10.5 Å². The molecule has 0 saturated carbocycles. The Balaban J connectivity index is 1.99. The number of ether oxygens (including phenoxy) is 1. The quantitative estimate of drug-likeness (QED) is 0.927. The molecule has 1 aliphatic rings. The minimum absolute atomic E-state index is 0.205. The van der Waals surface area contributed by atoms with Gasteiger partial charge in [-0.2, -0.15) is 0 Å². The first-order chi connectivity index (χ1) is 8.20. The summed E-state index contributed by atoms with van der Waals surface area (Å²) in [5.74, 6) is 0.513. The Labute approximate surface area is 112 Å². The van der Waals surface area contributed by atoms with Crippen molar-refractivity contribution < 1.29 is 4.74 Å². The predicted molar refractivity (Wildman–Crippen MR) is 74.0 cm³/mol. The molecule has 1 heterocycles. The van der Waals surface area contributed by atoms with Gasteiger partial charge < -0.3 is 10.5 Å². The van der Waals surface area contributed by atoms with Crippen LogP contribution in [-0.4, -0.2) is 18.8 Å². The van der Waals surface area contributed by atoms with Crippen LogP contribution in [0.3, 0.4) is 0 Å². The van der Waals surface area contributed by atoms with Gasteiger partial charge in [-0.1, -0.05) is 35.0 Å². The lowest BCUT2D eigenvalue weighted by molar-refractivity contribution is 0.0814. The van der Waals surface area contributed by atoms with Gasteiger partial charge in [0.1, 0.15) is 0 Å². The van der Waals surface area contributed by atoms with Gasteiger partial charge >= 0.3 is 0 Å². The van der Waals surface area contributed by atoms with Crippen molar-refractivity contribution in [2.75, 3.05) is 6.61 Å². The smallest absolute Gasteiger partial charge is 0.0616 e. The second kappa shape index (κ2) is 5.98. The average molecular weight is 298 g/mol. The fourth-order valence-electron chi connectivity index (χ4n) is 2.66. The Morgan fingerprint density at radius 3 is 3.06 bits per heavy atom. The summed E-state index contributed by atoms with van der Waals surface area (Å²) in [5, 5.41) is 0. The number of hydrogen-bond donors (Lipinski definition) is 1. The lowest BCUT2D eigenvalue weighted by atomic mass is 9.88. The van der Waals surface area contributed by atoms with Crippen LogP contribution in [0, 0.1) is 5.92 Å². The molecule has 0 amide bonds. The first kappa shape index (κ1) is 13.1. The third-order valence-electron chi connectivity index (χ3n) is 3.57. The van der Waals surface area contributed by atoms with Crippen molar-refractivity contribution >= 4 is 15.9 Å². The molecule has 0 spiro atoms. The number of rotatable bonds is 4. The molecule has 2 nitrogen and oxygen atoms in total. The van der Waals surface area contributed by atoms with Crippen molar-refractivity contribution in [2.24, 2.45) is 11.7 Å². The van der Waals surface area contributed by atoms with Crippen LogP contribution in [0.15, 0.2) is 28.7 Å². The SMILES string of the molecule is CCC1OCCC1C(N)Cc1cccc(Br)c1. The van der Waals surface area contributed by atoms with Crippen LogP contribution in [-0.2, 0) is 11.2 Å². The highest BCUT2D eigenvalue weighted by molar-refractivity contribution is 9.10. The van der Waals surface area contributed by atoms with E-state index in [0.29, 0.717) is 12.0 Å². The zero-order valence-corrected chi connectivity index (χ0v) is 11.8. The van der Waals surface area contributed by atoms with E-state index in [-0.39, 0.29) is 6.04 Å². The van der Waals surface area contributed by atoms with E-state index in [1.165, 1.54) is 5.56 Å². The molecule has 1 fully saturated rings. The maximum atomic E-state index is 6.33. The largest absolute Gasteiger partial charge is 0.378 e. The molecule has 0 aromatic heterocycles. The van der Waals surface area contributed by atoms with Gasteiger partial charge in [0.2, 0.25) is 0 Å². The van der Waals surface area contributed by atoms with E-state index in [2.05, 4.69) is 41.1 Å². The van der Waals surface area contributed by atoms with E-state index in [9.17, 15) is 0 Å². The molecule has 0 radical (unpaired) electrons. The summed E-state index contributed by atoms with van der Waals surface area (Å²) in [5.41, 5.74) is 7.63. The highest BCUT2D eigenvalue weighted by Crippen LogP contribution is 2.27. The van der Waals surface area contributed by atoms with E-state index in [1.807, 2.05) is 6.07 Å². The Hall–Kier alpha value is -0.380. The van der Waals surface area contributed by atoms with Crippen molar-refractivity contribution in [3.63, 3.8) is 0 Å². The van der Waals surface area contributed by atoms with Crippen molar-refractivity contribution in [3.8, 4) is 0 Å². The Morgan fingerprint density at radius 2 is 2.35 bits per heavy atom. The Morgan fingerprint density at radius 1 is 1.53 bits per heavy atom. The summed E-state index contributed by atoms with van der Waals surface area (Å²) in [6.07, 6.45) is 3.46. The van der Waals surface area contributed by atoms with Crippen LogP contribution in [0.2, 0.25) is 0 Å². The highest BCUT2D eigenvalue weighted by atomic mass is 79.9. The lowest BCUT2D eigenvalue weighted by Crippen LogP contribution is -2.36. The third kappa shape index (κ3) is 3.30. The molecule has 17 heavy (non-hydrogen) atoms. The fraction of sp³-hybridized carbons (Fsp3) is 0.571. The molecule has 1 aliphatic heterocycles. The predicted octanol–water partition coefficient (Wildman–Crippen LogP) is 3.13. The standard InChI is InChI=1S/C14H20BrNO/c1-2-14-12(6-7-17-14)13(16)9-10-4-3-5-11(15)8-10/h3-5,8,12-14H,2,6-7,9,16H2,1H3. The molecule has 0 bridgehead atoms. The molecule has 3 heteroatoms. The lowest BCUT2D eigenvalue weighted by Gasteiger charge is -2.23. The number of hydrogen-bond acceptors (Lipinski definition) is 2. The summed E-state index contributed by atoms with van der Waals surface area (Å²) in [7, 11) is 0. The third-order valence-corrected chi connectivity index (χ3v) is 4.07. The van der Waals surface area contributed by atoms with Gasteiger partial charge in [0, 0.05) is 23.0 Å². The van der Waals surface area contributed by atoms with Crippen molar-refractivity contribution in [1.82, 2.24) is 0 Å². The van der Waals surface area contributed by atoms with Gasteiger partial charge in [0.25, 0.3) is 0 Å². The fourth-order valence-corrected chi connectivity index (χ4v) is 3.11. The van der Waals surface area contributed by atoms with Gasteiger partial charge in [-0.25, -0.2) is 0 Å². The van der Waals surface area contributed by atoms with Crippen LogP contribution in [0.4, 0.5) is 0 Å². The molecule has 2 rings (SSSR count). The molecule has 3 unspecified atom stereocenters. The summed E-state index contributed by atoms with van der Waals surface area (Å²) in [4.78, 5) is 0. The average Bonchev–Trinajstić information content (AvgIpc) is 2.77. The zero-order valence-electron chi connectivity index (χ0n) is 10.2. The van der Waals surface area contributed by atoms with Gasteiger partial charge in [-0.15, -0.1) is 0 Å². The normalized spacial score (nSPS) is 26.1. The highest BCUT2D eigenvalue weighted by Gasteiger charge is 2.31. The molecule has 94 valence electrons. The Bertz CT molecular complexity index is 369. The molecule has 3 atom stereocenters.